The van der Waals surface area contributed by atoms with Gasteiger partial charge in [0.1, 0.15) is 6.04 Å². The van der Waals surface area contributed by atoms with E-state index in [1.165, 1.54) is 6.20 Å². The number of hydrogen-bond acceptors (Lipinski definition) is 3. The third-order valence-electron chi connectivity index (χ3n) is 4.82. The van der Waals surface area contributed by atoms with Gasteiger partial charge in [-0.1, -0.05) is 18.2 Å². The predicted molar refractivity (Wildman–Crippen MR) is 90.2 cm³/mol. The van der Waals surface area contributed by atoms with Gasteiger partial charge in [-0.25, -0.2) is 22.4 Å². The average molecular weight is 406 g/mol. The zero-order valence-electron chi connectivity index (χ0n) is 14.3. The van der Waals surface area contributed by atoms with Gasteiger partial charge < -0.3 is 10.1 Å². The number of carbonyl (C=O) groups excluding carboxylic acids is 2. The summed E-state index contributed by atoms with van der Waals surface area (Å²) in [7, 11) is 0. The SMILES string of the molecule is O=C(O)C(Cc1c[nH]c2ccccc12)N1C(=O)c2c(F)c(F)c(F)c(F)c2C1=O. The zero-order chi connectivity index (χ0) is 21.0. The Kier molecular flexibility index (Phi) is 4.14. The first-order chi connectivity index (χ1) is 13.7. The largest absolute Gasteiger partial charge is 0.480 e. The molecular weight excluding hydrogens is 396 g/mol. The fraction of sp³-hybridized carbons (Fsp3) is 0.105. The van der Waals surface area contributed by atoms with Crippen molar-refractivity contribution in [3.05, 3.63) is 70.4 Å². The third kappa shape index (κ3) is 2.59. The minimum Gasteiger partial charge on any atom is -0.480 e. The Balaban J connectivity index is 1.80. The number of carboxylic acid groups (broad SMARTS) is 1. The predicted octanol–water partition coefficient (Wildman–Crippen LogP) is 3.02. The number of hydrogen-bond donors (Lipinski definition) is 2. The summed E-state index contributed by atoms with van der Waals surface area (Å²) in [6, 6.07) is 4.95. The van der Waals surface area contributed by atoms with Gasteiger partial charge in [-0.05, 0) is 11.6 Å². The highest BCUT2D eigenvalue weighted by Gasteiger charge is 2.48. The lowest BCUT2D eigenvalue weighted by molar-refractivity contribution is -0.141. The van der Waals surface area contributed by atoms with Crippen LogP contribution in [0.4, 0.5) is 17.6 Å². The molecule has 4 rings (SSSR count). The molecule has 2 heterocycles. The lowest BCUT2D eigenvalue weighted by Gasteiger charge is -2.22. The van der Waals surface area contributed by atoms with Crippen LogP contribution >= 0.6 is 0 Å². The lowest BCUT2D eigenvalue weighted by atomic mass is 10.0. The molecular formula is C19H10F4N2O4. The number of H-pyrrole nitrogens is 1. The minimum absolute atomic E-state index is 0.111. The number of rotatable bonds is 4. The normalized spacial score (nSPS) is 14.6. The molecule has 1 aromatic heterocycles. The van der Waals surface area contributed by atoms with Gasteiger partial charge in [-0.3, -0.25) is 14.5 Å². The maximum absolute atomic E-state index is 14.1. The molecule has 29 heavy (non-hydrogen) atoms. The number of imide groups is 1. The van der Waals surface area contributed by atoms with E-state index in [1.54, 1.807) is 24.3 Å². The van der Waals surface area contributed by atoms with Crippen LogP contribution < -0.4 is 0 Å². The number of aromatic nitrogens is 1. The van der Waals surface area contributed by atoms with Crippen molar-refractivity contribution < 1.29 is 37.1 Å². The van der Waals surface area contributed by atoms with E-state index in [4.69, 9.17) is 0 Å². The van der Waals surface area contributed by atoms with E-state index in [2.05, 4.69) is 4.98 Å². The number of halogens is 4. The molecule has 1 atom stereocenters. The number of fused-ring (bicyclic) bond motifs is 2. The summed E-state index contributed by atoms with van der Waals surface area (Å²) in [5, 5.41) is 10.2. The molecule has 0 fully saturated rings. The van der Waals surface area contributed by atoms with Crippen LogP contribution in [-0.4, -0.2) is 38.8 Å². The van der Waals surface area contributed by atoms with E-state index in [0.29, 0.717) is 16.5 Å². The monoisotopic (exact) mass is 406 g/mol. The van der Waals surface area contributed by atoms with Crippen LogP contribution in [0.15, 0.2) is 30.5 Å². The minimum atomic E-state index is -2.26. The Morgan fingerprint density at radius 1 is 0.966 bits per heavy atom. The second-order valence-corrected chi connectivity index (χ2v) is 6.40. The summed E-state index contributed by atoms with van der Waals surface area (Å²) in [6.45, 7) is 0. The van der Waals surface area contributed by atoms with Crippen molar-refractivity contribution in [2.45, 2.75) is 12.5 Å². The van der Waals surface area contributed by atoms with Gasteiger partial charge in [0.2, 0.25) is 0 Å². The molecule has 0 aliphatic carbocycles. The molecule has 1 unspecified atom stereocenters. The Morgan fingerprint density at radius 3 is 2.07 bits per heavy atom. The second-order valence-electron chi connectivity index (χ2n) is 6.40. The van der Waals surface area contributed by atoms with Crippen LogP contribution in [-0.2, 0) is 11.2 Å². The average Bonchev–Trinajstić information content (AvgIpc) is 3.21. The fourth-order valence-corrected chi connectivity index (χ4v) is 3.45. The van der Waals surface area contributed by atoms with Crippen molar-refractivity contribution in [1.29, 1.82) is 0 Å². The number of benzene rings is 2. The molecule has 6 nitrogen and oxygen atoms in total. The number of nitrogens with one attached hydrogen (secondary N) is 1. The molecule has 0 radical (unpaired) electrons. The molecule has 10 heteroatoms. The van der Waals surface area contributed by atoms with E-state index in [1.807, 2.05) is 0 Å². The van der Waals surface area contributed by atoms with Crippen LogP contribution in [0.25, 0.3) is 10.9 Å². The van der Waals surface area contributed by atoms with E-state index < -0.39 is 58.2 Å². The van der Waals surface area contributed by atoms with Crippen molar-refractivity contribution in [3.8, 4) is 0 Å². The Morgan fingerprint density at radius 2 is 1.52 bits per heavy atom. The topological polar surface area (TPSA) is 90.5 Å². The Hall–Kier alpha value is -3.69. The highest BCUT2D eigenvalue weighted by molar-refractivity contribution is 6.23. The van der Waals surface area contributed by atoms with Gasteiger partial charge in [0.25, 0.3) is 11.8 Å². The van der Waals surface area contributed by atoms with E-state index in [9.17, 15) is 37.1 Å². The maximum Gasteiger partial charge on any atom is 0.327 e. The molecule has 0 spiro atoms. The molecule has 1 aliphatic heterocycles. The summed E-state index contributed by atoms with van der Waals surface area (Å²) in [5.41, 5.74) is -1.56. The third-order valence-corrected chi connectivity index (χ3v) is 4.82. The van der Waals surface area contributed by atoms with Crippen LogP contribution in [0.2, 0.25) is 0 Å². The Bertz CT molecular complexity index is 1170. The number of aromatic amines is 1. The summed E-state index contributed by atoms with van der Waals surface area (Å²) >= 11 is 0. The van der Waals surface area contributed by atoms with Crippen LogP contribution in [0.3, 0.4) is 0 Å². The molecule has 148 valence electrons. The van der Waals surface area contributed by atoms with Gasteiger partial charge in [-0.15, -0.1) is 0 Å². The quantitative estimate of drug-likeness (QED) is 0.302. The number of carboxylic acids is 1. The van der Waals surface area contributed by atoms with Gasteiger partial charge in [0.15, 0.2) is 23.3 Å². The number of aliphatic carboxylic acids is 1. The van der Waals surface area contributed by atoms with Crippen molar-refractivity contribution >= 4 is 28.7 Å². The maximum atomic E-state index is 14.1. The van der Waals surface area contributed by atoms with Crippen molar-refractivity contribution in [2.75, 3.05) is 0 Å². The number of nitrogens with zero attached hydrogens (tertiary/aromatic N) is 1. The van der Waals surface area contributed by atoms with Gasteiger partial charge >= 0.3 is 5.97 Å². The molecule has 2 aromatic carbocycles. The van der Waals surface area contributed by atoms with Crippen molar-refractivity contribution in [3.63, 3.8) is 0 Å². The fourth-order valence-electron chi connectivity index (χ4n) is 3.45. The van der Waals surface area contributed by atoms with Crippen LogP contribution in [0, 0.1) is 23.3 Å². The molecule has 3 aromatic rings. The van der Waals surface area contributed by atoms with E-state index in [0.717, 1.165) is 0 Å². The summed E-state index contributed by atoms with van der Waals surface area (Å²) < 4.78 is 55.2. The van der Waals surface area contributed by atoms with Crippen LogP contribution in [0.1, 0.15) is 26.3 Å². The Labute approximate surface area is 159 Å². The molecule has 0 saturated heterocycles. The summed E-state index contributed by atoms with van der Waals surface area (Å²) in [6.07, 6.45) is 1.08. The number of carbonyl (C=O) groups is 3. The van der Waals surface area contributed by atoms with Gasteiger partial charge in [0.05, 0.1) is 11.1 Å². The first kappa shape index (κ1) is 18.7. The summed E-state index contributed by atoms with van der Waals surface area (Å²) in [5.74, 6) is -13.3. The molecule has 0 saturated carbocycles. The highest BCUT2D eigenvalue weighted by Crippen LogP contribution is 2.33. The van der Waals surface area contributed by atoms with Gasteiger partial charge in [0, 0.05) is 23.5 Å². The molecule has 0 bridgehead atoms. The summed E-state index contributed by atoms with van der Waals surface area (Å²) in [4.78, 5) is 39.8. The number of para-hydroxylation sites is 1. The molecule has 2 N–H and O–H groups in total. The van der Waals surface area contributed by atoms with Crippen molar-refractivity contribution in [2.24, 2.45) is 0 Å². The van der Waals surface area contributed by atoms with Crippen LogP contribution in [0.5, 0.6) is 0 Å². The first-order valence-corrected chi connectivity index (χ1v) is 8.25. The standard InChI is InChI=1S/C19H10F4N2O4/c20-13-11-12(14(21)16(23)15(13)22)18(27)25(17(11)26)10(19(28)29)5-7-6-24-9-4-2-1-3-8(7)9/h1-4,6,10,24H,5H2,(H,28,29). The van der Waals surface area contributed by atoms with Gasteiger partial charge in [-0.2, -0.15) is 0 Å². The molecule has 1 aliphatic rings. The first-order valence-electron chi connectivity index (χ1n) is 8.25. The van der Waals surface area contributed by atoms with E-state index >= 15 is 0 Å². The lowest BCUT2D eigenvalue weighted by Crippen LogP contribution is -2.46. The smallest absolute Gasteiger partial charge is 0.327 e. The van der Waals surface area contributed by atoms with E-state index in [-0.39, 0.29) is 11.3 Å². The highest BCUT2D eigenvalue weighted by atomic mass is 19.2. The molecule has 2 amide bonds. The van der Waals surface area contributed by atoms with Crippen molar-refractivity contribution in [1.82, 2.24) is 9.88 Å². The zero-order valence-corrected chi connectivity index (χ0v) is 14.3. The second kappa shape index (κ2) is 6.43. The number of amides is 2.